The lowest BCUT2D eigenvalue weighted by molar-refractivity contribution is 0.598. The molecule has 66 valence electrons. The van der Waals surface area contributed by atoms with E-state index < -0.39 is 0 Å². The quantitative estimate of drug-likeness (QED) is 0.851. The fourth-order valence-electron chi connectivity index (χ4n) is 1.37. The largest absolute Gasteiger partial charge is 0.324 e. The van der Waals surface area contributed by atoms with Gasteiger partial charge in [-0.2, -0.15) is 0 Å². The van der Waals surface area contributed by atoms with Crippen LogP contribution in [0, 0.1) is 8.80 Å². The van der Waals surface area contributed by atoms with E-state index in [9.17, 15) is 0 Å². The molecule has 1 fully saturated rings. The Morgan fingerprint density at radius 3 is 2.92 bits per heavy atom. The third-order valence-corrected chi connectivity index (χ3v) is 4.11. The van der Waals surface area contributed by atoms with Crippen LogP contribution in [0.3, 0.4) is 0 Å². The molecule has 0 amide bonds. The molecule has 0 bridgehead atoms. The molecular formula is C9H12INS. The molecule has 1 unspecified atom stereocenters. The van der Waals surface area contributed by atoms with Gasteiger partial charge >= 0.3 is 0 Å². The highest BCUT2D eigenvalue weighted by atomic mass is 127. The van der Waals surface area contributed by atoms with E-state index in [-0.39, 0.29) is 6.04 Å². The molecule has 2 rings (SSSR count). The molecule has 0 spiro atoms. The summed E-state index contributed by atoms with van der Waals surface area (Å²) in [7, 11) is 0. The van der Waals surface area contributed by atoms with E-state index in [1.165, 1.54) is 27.7 Å². The van der Waals surface area contributed by atoms with Gasteiger partial charge in [0.25, 0.3) is 0 Å². The van der Waals surface area contributed by atoms with Crippen LogP contribution in [0.4, 0.5) is 0 Å². The van der Waals surface area contributed by atoms with Gasteiger partial charge < -0.3 is 5.73 Å². The van der Waals surface area contributed by atoms with Crippen molar-refractivity contribution in [1.29, 1.82) is 0 Å². The van der Waals surface area contributed by atoms with Gasteiger partial charge in [0, 0.05) is 6.04 Å². The second-order valence-electron chi connectivity index (χ2n) is 3.47. The molecule has 1 atom stereocenters. The summed E-state index contributed by atoms with van der Waals surface area (Å²) in [5.41, 5.74) is 7.38. The second-order valence-corrected chi connectivity index (χ2v) is 6.28. The molecule has 1 heterocycles. The molecule has 1 aliphatic carbocycles. The standard InChI is InChI=1S/C9H12INS/c10-9-4-7(5-12-9)8(11)3-6-1-2-6/h4-6,8H,1-3,11H2. The molecular weight excluding hydrogens is 281 g/mol. The van der Waals surface area contributed by atoms with Crippen molar-refractivity contribution in [2.24, 2.45) is 11.7 Å². The molecule has 1 saturated carbocycles. The van der Waals surface area contributed by atoms with Gasteiger partial charge in [0.1, 0.15) is 0 Å². The van der Waals surface area contributed by atoms with E-state index in [0.29, 0.717) is 0 Å². The fraction of sp³-hybridized carbons (Fsp3) is 0.556. The van der Waals surface area contributed by atoms with Crippen LogP contribution < -0.4 is 5.73 Å². The zero-order chi connectivity index (χ0) is 8.55. The average Bonchev–Trinajstić information content (AvgIpc) is 2.72. The number of halogens is 1. The van der Waals surface area contributed by atoms with Crippen molar-refractivity contribution >= 4 is 33.9 Å². The second kappa shape index (κ2) is 3.64. The Morgan fingerprint density at radius 1 is 1.67 bits per heavy atom. The molecule has 0 radical (unpaired) electrons. The van der Waals surface area contributed by atoms with Crippen molar-refractivity contribution in [2.75, 3.05) is 0 Å². The van der Waals surface area contributed by atoms with Crippen LogP contribution in [-0.2, 0) is 0 Å². The van der Waals surface area contributed by atoms with E-state index in [1.54, 1.807) is 11.3 Å². The molecule has 1 aromatic rings. The van der Waals surface area contributed by atoms with Crippen LogP contribution in [-0.4, -0.2) is 0 Å². The number of nitrogens with two attached hydrogens (primary N) is 1. The van der Waals surface area contributed by atoms with E-state index in [2.05, 4.69) is 34.0 Å². The minimum Gasteiger partial charge on any atom is -0.324 e. The summed E-state index contributed by atoms with van der Waals surface area (Å²) in [6, 6.07) is 2.50. The normalized spacial score (nSPS) is 19.5. The van der Waals surface area contributed by atoms with E-state index in [0.717, 1.165) is 5.92 Å². The minimum atomic E-state index is 0.289. The van der Waals surface area contributed by atoms with Crippen LogP contribution in [0.15, 0.2) is 11.4 Å². The highest BCUT2D eigenvalue weighted by molar-refractivity contribution is 14.1. The summed E-state index contributed by atoms with van der Waals surface area (Å²) < 4.78 is 1.34. The van der Waals surface area contributed by atoms with Gasteiger partial charge in [-0.25, -0.2) is 0 Å². The lowest BCUT2D eigenvalue weighted by atomic mass is 10.1. The highest BCUT2D eigenvalue weighted by Crippen LogP contribution is 2.37. The van der Waals surface area contributed by atoms with Crippen LogP contribution in [0.2, 0.25) is 0 Å². The molecule has 0 saturated heterocycles. The molecule has 1 aliphatic rings. The predicted molar refractivity (Wildman–Crippen MR) is 61.3 cm³/mol. The lowest BCUT2D eigenvalue weighted by Crippen LogP contribution is -2.09. The maximum absolute atomic E-state index is 6.05. The fourth-order valence-corrected chi connectivity index (χ4v) is 2.80. The van der Waals surface area contributed by atoms with Gasteiger partial charge in [0.05, 0.1) is 2.88 Å². The summed E-state index contributed by atoms with van der Waals surface area (Å²) in [6.07, 6.45) is 3.98. The van der Waals surface area contributed by atoms with Crippen molar-refractivity contribution in [3.63, 3.8) is 0 Å². The molecule has 12 heavy (non-hydrogen) atoms. The summed E-state index contributed by atoms with van der Waals surface area (Å²) in [6.45, 7) is 0. The Bertz CT molecular complexity index is 267. The van der Waals surface area contributed by atoms with Gasteiger partial charge in [-0.1, -0.05) is 12.8 Å². The zero-order valence-electron chi connectivity index (χ0n) is 6.79. The first-order valence-corrected chi connectivity index (χ1v) is 6.21. The molecule has 1 nitrogen and oxygen atoms in total. The van der Waals surface area contributed by atoms with Crippen LogP contribution in [0.1, 0.15) is 30.9 Å². The van der Waals surface area contributed by atoms with Gasteiger partial charge in [0.2, 0.25) is 0 Å². The van der Waals surface area contributed by atoms with Crippen molar-refractivity contribution in [3.05, 3.63) is 19.9 Å². The van der Waals surface area contributed by atoms with Crippen molar-refractivity contribution in [1.82, 2.24) is 0 Å². The monoisotopic (exact) mass is 293 g/mol. The Balaban J connectivity index is 1.97. The SMILES string of the molecule is NC(CC1CC1)c1csc(I)c1. The van der Waals surface area contributed by atoms with Crippen LogP contribution >= 0.6 is 33.9 Å². The van der Waals surface area contributed by atoms with E-state index in [4.69, 9.17) is 5.73 Å². The Kier molecular flexibility index (Phi) is 2.72. The summed E-state index contributed by atoms with van der Waals surface area (Å²) in [5, 5.41) is 2.19. The van der Waals surface area contributed by atoms with Crippen molar-refractivity contribution < 1.29 is 0 Å². The van der Waals surface area contributed by atoms with Gasteiger partial charge in [-0.3, -0.25) is 0 Å². The van der Waals surface area contributed by atoms with Gasteiger partial charge in [0.15, 0.2) is 0 Å². The first-order valence-electron chi connectivity index (χ1n) is 4.25. The van der Waals surface area contributed by atoms with E-state index in [1.807, 2.05) is 0 Å². The van der Waals surface area contributed by atoms with Crippen LogP contribution in [0.25, 0.3) is 0 Å². The number of hydrogen-bond donors (Lipinski definition) is 1. The molecule has 1 aromatic heterocycles. The lowest BCUT2D eigenvalue weighted by Gasteiger charge is -2.07. The number of rotatable bonds is 3. The first kappa shape index (κ1) is 8.97. The predicted octanol–water partition coefficient (Wildman–Crippen LogP) is 3.15. The maximum atomic E-state index is 6.05. The Labute approximate surface area is 90.5 Å². The smallest absolute Gasteiger partial charge is 0.0656 e. The first-order chi connectivity index (χ1) is 5.75. The highest BCUT2D eigenvalue weighted by Gasteiger charge is 2.24. The third kappa shape index (κ3) is 2.20. The van der Waals surface area contributed by atoms with Crippen molar-refractivity contribution in [2.45, 2.75) is 25.3 Å². The Hall–Kier alpha value is 0.390. The van der Waals surface area contributed by atoms with E-state index >= 15 is 0 Å². The minimum absolute atomic E-state index is 0.289. The molecule has 0 aliphatic heterocycles. The van der Waals surface area contributed by atoms with Gasteiger partial charge in [-0.05, 0) is 51.9 Å². The van der Waals surface area contributed by atoms with Crippen LogP contribution in [0.5, 0.6) is 0 Å². The average molecular weight is 293 g/mol. The molecule has 2 N–H and O–H groups in total. The summed E-state index contributed by atoms with van der Waals surface area (Å²) >= 11 is 4.13. The zero-order valence-corrected chi connectivity index (χ0v) is 9.77. The number of hydrogen-bond acceptors (Lipinski definition) is 2. The Morgan fingerprint density at radius 2 is 2.42 bits per heavy atom. The summed E-state index contributed by atoms with van der Waals surface area (Å²) in [5.74, 6) is 0.928. The molecule has 3 heteroatoms. The van der Waals surface area contributed by atoms with Gasteiger partial charge in [-0.15, -0.1) is 11.3 Å². The van der Waals surface area contributed by atoms with Crippen molar-refractivity contribution in [3.8, 4) is 0 Å². The number of thiophene rings is 1. The third-order valence-electron chi connectivity index (χ3n) is 2.30. The molecule has 0 aromatic carbocycles. The topological polar surface area (TPSA) is 26.0 Å². The maximum Gasteiger partial charge on any atom is 0.0656 e. The summed E-state index contributed by atoms with van der Waals surface area (Å²) in [4.78, 5) is 0.